The minimum Gasteiger partial charge on any atom is -0.461 e. The van der Waals surface area contributed by atoms with Crippen LogP contribution in [-0.4, -0.2) is 25.7 Å². The van der Waals surface area contributed by atoms with Crippen molar-refractivity contribution in [2.24, 2.45) is 5.41 Å². The second-order valence-electron chi connectivity index (χ2n) is 5.21. The normalized spacial score (nSPS) is 17.9. The van der Waals surface area contributed by atoms with E-state index in [1.807, 2.05) is 30.3 Å². The van der Waals surface area contributed by atoms with Crippen molar-refractivity contribution in [3.8, 4) is 0 Å². The van der Waals surface area contributed by atoms with Crippen LogP contribution >= 0.6 is 0 Å². The van der Waals surface area contributed by atoms with Gasteiger partial charge in [-0.2, -0.15) is 0 Å². The van der Waals surface area contributed by atoms with Crippen LogP contribution in [0.25, 0.3) is 0 Å². The predicted octanol–water partition coefficient (Wildman–Crippen LogP) is 2.46. The van der Waals surface area contributed by atoms with E-state index in [1.54, 1.807) is 0 Å². The van der Waals surface area contributed by atoms with E-state index >= 15 is 0 Å². The summed E-state index contributed by atoms with van der Waals surface area (Å²) < 4.78 is 18.5. The van der Waals surface area contributed by atoms with Crippen LogP contribution in [-0.2, 0) is 16.1 Å². The summed E-state index contributed by atoms with van der Waals surface area (Å²) in [5.74, 6) is -0.302. The molecule has 104 valence electrons. The van der Waals surface area contributed by atoms with Gasteiger partial charge in [-0.25, -0.2) is 0 Å². The van der Waals surface area contributed by atoms with E-state index in [2.05, 4.69) is 5.32 Å². The van der Waals surface area contributed by atoms with Crippen molar-refractivity contribution in [3.05, 3.63) is 35.9 Å². The third kappa shape index (κ3) is 4.03. The van der Waals surface area contributed by atoms with Crippen molar-refractivity contribution in [1.29, 1.82) is 0 Å². The maximum absolute atomic E-state index is 13.2. The van der Waals surface area contributed by atoms with Gasteiger partial charge in [0.05, 0.1) is 13.1 Å². The Hall–Kier alpha value is -1.42. The lowest BCUT2D eigenvalue weighted by Crippen LogP contribution is -2.39. The van der Waals surface area contributed by atoms with Gasteiger partial charge in [0.1, 0.15) is 6.61 Å². The van der Waals surface area contributed by atoms with Gasteiger partial charge in [0.25, 0.3) is 0 Å². The number of hydrogen-bond donors (Lipinski definition) is 1. The molecule has 1 heterocycles. The fourth-order valence-electron chi connectivity index (χ4n) is 2.41. The van der Waals surface area contributed by atoms with E-state index in [4.69, 9.17) is 4.74 Å². The number of halogens is 1. The Morgan fingerprint density at radius 1 is 1.26 bits per heavy atom. The maximum atomic E-state index is 13.2. The van der Waals surface area contributed by atoms with Gasteiger partial charge in [0, 0.05) is 5.41 Å². The molecule has 1 saturated heterocycles. The molecule has 2 rings (SSSR count). The van der Waals surface area contributed by atoms with Gasteiger partial charge < -0.3 is 10.1 Å². The topological polar surface area (TPSA) is 38.3 Å². The molecule has 0 amide bonds. The molecule has 0 aliphatic carbocycles. The molecule has 1 fully saturated rings. The first-order chi connectivity index (χ1) is 9.24. The van der Waals surface area contributed by atoms with Crippen LogP contribution in [0.15, 0.2) is 30.3 Å². The minimum absolute atomic E-state index is 0.179. The number of esters is 1. The molecule has 3 nitrogen and oxygen atoms in total. The SMILES string of the molecule is O=C(CC1(CF)CCNCC1)OCc1ccccc1. The number of carbonyl (C=O) groups is 1. The number of alkyl halides is 1. The van der Waals surface area contributed by atoms with Crippen LogP contribution < -0.4 is 5.32 Å². The molecule has 1 aliphatic heterocycles. The summed E-state index contributed by atoms with van der Waals surface area (Å²) in [5, 5.41) is 3.19. The second-order valence-corrected chi connectivity index (χ2v) is 5.21. The second kappa shape index (κ2) is 6.66. The van der Waals surface area contributed by atoms with Crippen LogP contribution in [0.2, 0.25) is 0 Å². The van der Waals surface area contributed by atoms with Gasteiger partial charge in [0.15, 0.2) is 0 Å². The maximum Gasteiger partial charge on any atom is 0.306 e. The number of hydrogen-bond acceptors (Lipinski definition) is 3. The monoisotopic (exact) mass is 265 g/mol. The molecule has 0 unspecified atom stereocenters. The van der Waals surface area contributed by atoms with Crippen LogP contribution in [0.5, 0.6) is 0 Å². The number of piperidine rings is 1. The molecule has 1 aromatic rings. The molecule has 0 spiro atoms. The Balaban J connectivity index is 1.83. The van der Waals surface area contributed by atoms with Crippen molar-refractivity contribution >= 4 is 5.97 Å². The summed E-state index contributed by atoms with van der Waals surface area (Å²) in [5.41, 5.74) is 0.439. The average Bonchev–Trinajstić information content (AvgIpc) is 2.47. The molecule has 0 aromatic heterocycles. The van der Waals surface area contributed by atoms with Crippen LogP contribution in [0.1, 0.15) is 24.8 Å². The van der Waals surface area contributed by atoms with E-state index in [-0.39, 0.29) is 19.0 Å². The lowest BCUT2D eigenvalue weighted by molar-refractivity contribution is -0.148. The molecule has 1 aliphatic rings. The van der Waals surface area contributed by atoms with Gasteiger partial charge in [-0.05, 0) is 31.5 Å². The van der Waals surface area contributed by atoms with E-state index in [0.29, 0.717) is 12.8 Å². The fourth-order valence-corrected chi connectivity index (χ4v) is 2.41. The standard InChI is InChI=1S/C15H20FNO2/c16-12-15(6-8-17-9-7-15)10-14(18)19-11-13-4-2-1-3-5-13/h1-5,17H,6-12H2. The molecular formula is C15H20FNO2. The number of benzene rings is 1. The van der Waals surface area contributed by atoms with Crippen LogP contribution in [0.4, 0.5) is 4.39 Å². The van der Waals surface area contributed by atoms with Crippen molar-refractivity contribution < 1.29 is 13.9 Å². The minimum atomic E-state index is -0.515. The zero-order chi connectivity index (χ0) is 13.6. The molecule has 0 bridgehead atoms. The van der Waals surface area contributed by atoms with Crippen molar-refractivity contribution in [3.63, 3.8) is 0 Å². The smallest absolute Gasteiger partial charge is 0.306 e. The highest BCUT2D eigenvalue weighted by Gasteiger charge is 2.35. The summed E-state index contributed by atoms with van der Waals surface area (Å²) in [4.78, 5) is 11.8. The summed E-state index contributed by atoms with van der Waals surface area (Å²) in [6, 6.07) is 9.53. The van der Waals surface area contributed by atoms with Crippen molar-refractivity contribution in [1.82, 2.24) is 5.32 Å². The molecule has 0 saturated carbocycles. The lowest BCUT2D eigenvalue weighted by atomic mass is 9.77. The molecule has 4 heteroatoms. The Morgan fingerprint density at radius 2 is 1.95 bits per heavy atom. The predicted molar refractivity (Wildman–Crippen MR) is 71.4 cm³/mol. The van der Waals surface area contributed by atoms with Gasteiger partial charge in [-0.1, -0.05) is 30.3 Å². The molecule has 0 atom stereocenters. The molecule has 1 aromatic carbocycles. The molecular weight excluding hydrogens is 245 g/mol. The van der Waals surface area contributed by atoms with Gasteiger partial charge in [-0.15, -0.1) is 0 Å². The Labute approximate surface area is 113 Å². The van der Waals surface area contributed by atoms with Crippen molar-refractivity contribution in [2.45, 2.75) is 25.9 Å². The highest BCUT2D eigenvalue weighted by molar-refractivity contribution is 5.70. The quantitative estimate of drug-likeness (QED) is 0.831. The summed E-state index contributed by atoms with van der Waals surface area (Å²) >= 11 is 0. The van der Waals surface area contributed by atoms with Gasteiger partial charge in [0.2, 0.25) is 0 Å². The fraction of sp³-hybridized carbons (Fsp3) is 0.533. The number of carbonyl (C=O) groups excluding carboxylic acids is 1. The zero-order valence-electron chi connectivity index (χ0n) is 11.0. The highest BCUT2D eigenvalue weighted by atomic mass is 19.1. The Bertz CT molecular complexity index is 402. The Kier molecular flexibility index (Phi) is 4.91. The van der Waals surface area contributed by atoms with Crippen LogP contribution in [0.3, 0.4) is 0 Å². The van der Waals surface area contributed by atoms with Crippen molar-refractivity contribution in [2.75, 3.05) is 19.8 Å². The summed E-state index contributed by atoms with van der Waals surface area (Å²) in [6.45, 7) is 1.36. The Morgan fingerprint density at radius 3 is 2.58 bits per heavy atom. The first-order valence-electron chi connectivity index (χ1n) is 6.70. The average molecular weight is 265 g/mol. The number of ether oxygens (including phenoxy) is 1. The van der Waals surface area contributed by atoms with Gasteiger partial charge in [-0.3, -0.25) is 9.18 Å². The van der Waals surface area contributed by atoms with Gasteiger partial charge >= 0.3 is 5.97 Å². The van der Waals surface area contributed by atoms with E-state index < -0.39 is 12.1 Å². The summed E-state index contributed by atoms with van der Waals surface area (Å²) in [6.07, 6.45) is 1.58. The summed E-state index contributed by atoms with van der Waals surface area (Å²) in [7, 11) is 0. The van der Waals surface area contributed by atoms with E-state index in [0.717, 1.165) is 18.7 Å². The number of rotatable bonds is 5. The largest absolute Gasteiger partial charge is 0.461 e. The van der Waals surface area contributed by atoms with Crippen LogP contribution in [0, 0.1) is 5.41 Å². The first-order valence-corrected chi connectivity index (χ1v) is 6.70. The lowest BCUT2D eigenvalue weighted by Gasteiger charge is -2.34. The molecule has 0 radical (unpaired) electrons. The number of nitrogens with one attached hydrogen (secondary N) is 1. The molecule has 1 N–H and O–H groups in total. The zero-order valence-corrected chi connectivity index (χ0v) is 11.0. The third-order valence-electron chi connectivity index (χ3n) is 3.71. The van der Waals surface area contributed by atoms with E-state index in [1.165, 1.54) is 0 Å². The molecule has 19 heavy (non-hydrogen) atoms. The first kappa shape index (κ1) is 14.0. The highest BCUT2D eigenvalue weighted by Crippen LogP contribution is 2.33. The van der Waals surface area contributed by atoms with E-state index in [9.17, 15) is 9.18 Å². The third-order valence-corrected chi connectivity index (χ3v) is 3.71.